The van der Waals surface area contributed by atoms with Crippen LogP contribution < -0.4 is 10.6 Å². The van der Waals surface area contributed by atoms with Gasteiger partial charge in [-0.25, -0.2) is 0 Å². The van der Waals surface area contributed by atoms with Crippen LogP contribution in [0.3, 0.4) is 0 Å². The van der Waals surface area contributed by atoms with Crippen LogP contribution in [0.25, 0.3) is 6.08 Å². The van der Waals surface area contributed by atoms with E-state index in [1.54, 1.807) is 31.2 Å². The number of nitrogens with one attached hydrogen (secondary N) is 2. The zero-order valence-corrected chi connectivity index (χ0v) is 15.9. The molecule has 0 aliphatic heterocycles. The number of carbonyl (C=O) groups excluding carboxylic acids is 2. The van der Waals surface area contributed by atoms with E-state index in [0.717, 1.165) is 18.4 Å². The number of benzene rings is 2. The fourth-order valence-corrected chi connectivity index (χ4v) is 2.54. The summed E-state index contributed by atoms with van der Waals surface area (Å²) >= 11 is 0. The highest BCUT2D eigenvalue weighted by molar-refractivity contribution is 6.05. The lowest BCUT2D eigenvalue weighted by atomic mass is 10.1. The molecule has 2 aromatic rings. The first-order chi connectivity index (χ1) is 13.4. The van der Waals surface area contributed by atoms with Gasteiger partial charge in [-0.2, -0.15) is 0 Å². The third-order valence-corrected chi connectivity index (χ3v) is 4.09. The first kappa shape index (κ1) is 20.8. The Balaban J connectivity index is 2.32. The molecule has 2 rings (SSSR count). The van der Waals surface area contributed by atoms with Gasteiger partial charge in [0.1, 0.15) is 5.70 Å². The normalized spacial score (nSPS) is 11.0. The lowest BCUT2D eigenvalue weighted by molar-refractivity contribution is -0.384. The van der Waals surface area contributed by atoms with Crippen molar-refractivity contribution in [2.24, 2.45) is 0 Å². The summed E-state index contributed by atoms with van der Waals surface area (Å²) in [6, 6.07) is 12.9. The van der Waals surface area contributed by atoms with Crippen LogP contribution in [-0.2, 0) is 4.79 Å². The van der Waals surface area contributed by atoms with Crippen molar-refractivity contribution < 1.29 is 14.5 Å². The number of hydrogen-bond acceptors (Lipinski definition) is 4. The van der Waals surface area contributed by atoms with Crippen LogP contribution in [-0.4, -0.2) is 23.3 Å². The Kier molecular flexibility index (Phi) is 7.45. The summed E-state index contributed by atoms with van der Waals surface area (Å²) in [6.07, 6.45) is 3.16. The van der Waals surface area contributed by atoms with E-state index in [-0.39, 0.29) is 11.4 Å². The number of unbranched alkanes of at least 4 members (excludes halogenated alkanes) is 1. The molecule has 2 N–H and O–H groups in total. The molecule has 2 aromatic carbocycles. The average molecular weight is 381 g/mol. The van der Waals surface area contributed by atoms with Crippen molar-refractivity contribution in [2.45, 2.75) is 26.7 Å². The van der Waals surface area contributed by atoms with Gasteiger partial charge >= 0.3 is 0 Å². The van der Waals surface area contributed by atoms with E-state index in [9.17, 15) is 19.7 Å². The van der Waals surface area contributed by atoms with Crippen LogP contribution in [0.1, 0.15) is 41.3 Å². The highest BCUT2D eigenvalue weighted by Crippen LogP contribution is 2.16. The molecule has 0 saturated carbocycles. The fourth-order valence-electron chi connectivity index (χ4n) is 2.54. The molecule has 0 fully saturated rings. The number of amides is 2. The zero-order chi connectivity index (χ0) is 20.5. The van der Waals surface area contributed by atoms with Crippen LogP contribution in [0.4, 0.5) is 5.69 Å². The molecular weight excluding hydrogens is 358 g/mol. The first-order valence-corrected chi connectivity index (χ1v) is 9.03. The third-order valence-electron chi connectivity index (χ3n) is 4.09. The van der Waals surface area contributed by atoms with Gasteiger partial charge in [0.05, 0.1) is 4.92 Å². The summed E-state index contributed by atoms with van der Waals surface area (Å²) in [5.41, 5.74) is 1.62. The Hall–Kier alpha value is -3.48. The first-order valence-electron chi connectivity index (χ1n) is 9.03. The number of hydrogen-bond donors (Lipinski definition) is 2. The van der Waals surface area contributed by atoms with Crippen molar-refractivity contribution in [1.82, 2.24) is 10.6 Å². The molecule has 7 heteroatoms. The minimum atomic E-state index is -0.510. The maximum atomic E-state index is 12.6. The fraction of sp³-hybridized carbons (Fsp3) is 0.238. The Labute approximate surface area is 163 Å². The van der Waals surface area contributed by atoms with Gasteiger partial charge in [0.15, 0.2) is 0 Å². The summed E-state index contributed by atoms with van der Waals surface area (Å²) < 4.78 is 0. The van der Waals surface area contributed by atoms with E-state index >= 15 is 0 Å². The molecule has 0 unspecified atom stereocenters. The molecule has 28 heavy (non-hydrogen) atoms. The number of nitro benzene ring substituents is 1. The molecule has 0 heterocycles. The van der Waals surface area contributed by atoms with E-state index in [0.29, 0.717) is 17.7 Å². The third kappa shape index (κ3) is 5.77. The van der Waals surface area contributed by atoms with Gasteiger partial charge in [-0.15, -0.1) is 0 Å². The lowest BCUT2D eigenvalue weighted by Gasteiger charge is -2.12. The van der Waals surface area contributed by atoms with Gasteiger partial charge < -0.3 is 10.6 Å². The highest BCUT2D eigenvalue weighted by atomic mass is 16.6. The molecule has 0 saturated heterocycles. The van der Waals surface area contributed by atoms with Crippen LogP contribution in [0, 0.1) is 17.0 Å². The second-order valence-electron chi connectivity index (χ2n) is 6.29. The van der Waals surface area contributed by atoms with Gasteiger partial charge in [-0.05, 0) is 36.6 Å². The number of aryl methyl sites for hydroxylation is 1. The Bertz CT molecular complexity index is 906. The standard InChI is InChI=1S/C21H23N3O4/c1-3-4-12-22-21(26)19(14-16-9-7-10-17(13-16)24(27)28)23-20(25)18-11-6-5-8-15(18)2/h5-11,13-14H,3-4,12H2,1-2H3,(H,22,26)(H,23,25)/b19-14-. The predicted octanol–water partition coefficient (Wildman–Crippen LogP) is 3.59. The number of rotatable bonds is 8. The Morgan fingerprint density at radius 2 is 1.89 bits per heavy atom. The van der Waals surface area contributed by atoms with Crippen molar-refractivity contribution in [3.63, 3.8) is 0 Å². The quantitative estimate of drug-likeness (QED) is 0.316. The van der Waals surface area contributed by atoms with Crippen molar-refractivity contribution in [2.75, 3.05) is 6.54 Å². The van der Waals surface area contributed by atoms with Crippen molar-refractivity contribution in [1.29, 1.82) is 0 Å². The summed E-state index contributed by atoms with van der Waals surface area (Å²) in [4.78, 5) is 35.7. The van der Waals surface area contributed by atoms with Gasteiger partial charge in [-0.3, -0.25) is 19.7 Å². The molecular formula is C21H23N3O4. The minimum absolute atomic E-state index is 0.0323. The lowest BCUT2D eigenvalue weighted by Crippen LogP contribution is -2.35. The van der Waals surface area contributed by atoms with Crippen LogP contribution in [0.2, 0.25) is 0 Å². The van der Waals surface area contributed by atoms with E-state index in [1.807, 2.05) is 13.0 Å². The van der Waals surface area contributed by atoms with Gasteiger partial charge in [0.25, 0.3) is 17.5 Å². The van der Waals surface area contributed by atoms with Gasteiger partial charge in [0, 0.05) is 24.2 Å². The Morgan fingerprint density at radius 1 is 1.14 bits per heavy atom. The van der Waals surface area contributed by atoms with E-state index < -0.39 is 16.7 Å². The SMILES string of the molecule is CCCCNC(=O)/C(=C/c1cccc([N+](=O)[O-])c1)NC(=O)c1ccccc1C. The van der Waals surface area contributed by atoms with Crippen LogP contribution in [0.5, 0.6) is 0 Å². The molecule has 0 aromatic heterocycles. The number of nitro groups is 1. The summed E-state index contributed by atoms with van der Waals surface area (Å²) in [6.45, 7) is 4.29. The Morgan fingerprint density at radius 3 is 2.57 bits per heavy atom. The maximum Gasteiger partial charge on any atom is 0.270 e. The molecule has 0 atom stereocenters. The predicted molar refractivity (Wildman–Crippen MR) is 108 cm³/mol. The molecule has 2 amide bonds. The molecule has 0 aliphatic carbocycles. The molecule has 0 spiro atoms. The molecule has 0 aliphatic rings. The maximum absolute atomic E-state index is 12.6. The number of non-ortho nitro benzene ring substituents is 1. The topological polar surface area (TPSA) is 101 Å². The highest BCUT2D eigenvalue weighted by Gasteiger charge is 2.16. The van der Waals surface area contributed by atoms with Crippen LogP contribution >= 0.6 is 0 Å². The van der Waals surface area contributed by atoms with Crippen LogP contribution in [0.15, 0.2) is 54.2 Å². The largest absolute Gasteiger partial charge is 0.351 e. The number of carbonyl (C=O) groups is 2. The minimum Gasteiger partial charge on any atom is -0.351 e. The van der Waals surface area contributed by atoms with E-state index in [1.165, 1.54) is 24.3 Å². The molecule has 146 valence electrons. The molecule has 0 radical (unpaired) electrons. The van der Waals surface area contributed by atoms with Crippen molar-refractivity contribution in [3.8, 4) is 0 Å². The summed E-state index contributed by atoms with van der Waals surface area (Å²) in [7, 11) is 0. The van der Waals surface area contributed by atoms with E-state index in [4.69, 9.17) is 0 Å². The zero-order valence-electron chi connectivity index (χ0n) is 15.9. The molecule has 7 nitrogen and oxygen atoms in total. The smallest absolute Gasteiger partial charge is 0.270 e. The monoisotopic (exact) mass is 381 g/mol. The van der Waals surface area contributed by atoms with Crippen molar-refractivity contribution >= 4 is 23.6 Å². The molecule has 0 bridgehead atoms. The van der Waals surface area contributed by atoms with Gasteiger partial charge in [-0.1, -0.05) is 43.7 Å². The summed E-state index contributed by atoms with van der Waals surface area (Å²) in [5.74, 6) is -0.859. The summed E-state index contributed by atoms with van der Waals surface area (Å²) in [5, 5.41) is 16.4. The average Bonchev–Trinajstić information content (AvgIpc) is 2.68. The van der Waals surface area contributed by atoms with E-state index in [2.05, 4.69) is 10.6 Å². The second-order valence-corrected chi connectivity index (χ2v) is 6.29. The van der Waals surface area contributed by atoms with Crippen molar-refractivity contribution in [3.05, 3.63) is 81.0 Å². The second kappa shape index (κ2) is 10.0. The number of nitrogens with zero attached hydrogens (tertiary/aromatic N) is 1. The van der Waals surface area contributed by atoms with Gasteiger partial charge in [0.2, 0.25) is 0 Å².